The molecular formula is C29H44O2SSi. The fourth-order valence-corrected chi connectivity index (χ4v) is 5.16. The Morgan fingerprint density at radius 1 is 0.970 bits per heavy atom. The van der Waals surface area contributed by atoms with Crippen LogP contribution in [-0.4, -0.2) is 20.3 Å². The van der Waals surface area contributed by atoms with E-state index in [1.807, 2.05) is 0 Å². The molecule has 0 bridgehead atoms. The molecule has 2 nitrogen and oxygen atoms in total. The predicted molar refractivity (Wildman–Crippen MR) is 150 cm³/mol. The Morgan fingerprint density at radius 2 is 1.67 bits per heavy atom. The van der Waals surface area contributed by atoms with Crippen LogP contribution in [0.1, 0.15) is 70.9 Å². The summed E-state index contributed by atoms with van der Waals surface area (Å²) < 4.78 is 12.2. The van der Waals surface area contributed by atoms with Gasteiger partial charge in [-0.2, -0.15) is 0 Å². The Balaban J connectivity index is 1.88. The summed E-state index contributed by atoms with van der Waals surface area (Å²) in [6, 6.07) is 17.2. The van der Waals surface area contributed by atoms with Gasteiger partial charge in [0.1, 0.15) is 5.75 Å². The summed E-state index contributed by atoms with van der Waals surface area (Å²) >= 11 is 5.75. The quantitative estimate of drug-likeness (QED) is 0.209. The van der Waals surface area contributed by atoms with Crippen LogP contribution in [-0.2, 0) is 12.8 Å². The topological polar surface area (TPSA) is 18.5 Å². The summed E-state index contributed by atoms with van der Waals surface area (Å²) in [6.45, 7) is 13.6. The third-order valence-electron chi connectivity index (χ3n) is 7.10. The minimum Gasteiger partial charge on any atom is -0.541 e. The zero-order valence-electron chi connectivity index (χ0n) is 21.9. The van der Waals surface area contributed by atoms with Crippen molar-refractivity contribution in [3.8, 4) is 11.5 Å². The average molecular weight is 485 g/mol. The van der Waals surface area contributed by atoms with Gasteiger partial charge >= 0.3 is 0 Å². The van der Waals surface area contributed by atoms with Gasteiger partial charge in [-0.25, -0.2) is 0 Å². The molecule has 1 atom stereocenters. The maximum Gasteiger partial charge on any atom is 0.250 e. The zero-order valence-corrected chi connectivity index (χ0v) is 23.7. The second-order valence-electron chi connectivity index (χ2n) is 10.7. The van der Waals surface area contributed by atoms with Crippen LogP contribution in [0.15, 0.2) is 48.5 Å². The lowest BCUT2D eigenvalue weighted by Gasteiger charge is -2.36. The van der Waals surface area contributed by atoms with Crippen LogP contribution in [0, 0.1) is 5.92 Å². The van der Waals surface area contributed by atoms with Crippen molar-refractivity contribution in [2.24, 2.45) is 5.92 Å². The molecule has 2 aromatic carbocycles. The van der Waals surface area contributed by atoms with Crippen molar-refractivity contribution in [1.29, 1.82) is 0 Å². The number of ether oxygens (including phenoxy) is 1. The molecule has 0 fully saturated rings. The normalized spacial score (nSPS) is 12.9. The minimum atomic E-state index is -1.90. The Hall–Kier alpha value is -1.65. The van der Waals surface area contributed by atoms with Crippen LogP contribution in [0.2, 0.25) is 18.1 Å². The monoisotopic (exact) mass is 484 g/mol. The Morgan fingerprint density at radius 3 is 2.27 bits per heavy atom. The molecule has 0 aliphatic carbocycles. The van der Waals surface area contributed by atoms with Gasteiger partial charge in [0.2, 0.25) is 0 Å². The fraction of sp³-hybridized carbons (Fsp3) is 0.552. The molecular weight excluding hydrogens is 440 g/mol. The highest BCUT2D eigenvalue weighted by atomic mass is 32.1. The van der Waals surface area contributed by atoms with E-state index in [1.54, 1.807) is 7.11 Å². The largest absolute Gasteiger partial charge is 0.541 e. The SMILES string of the molecule is CCC(CCc1ccc(O[Si](C)(C)C(C)(C)C)c(OC)c1)CC(=S)CCCc1ccccc1. The first-order chi connectivity index (χ1) is 15.6. The van der Waals surface area contributed by atoms with E-state index in [4.69, 9.17) is 21.4 Å². The van der Waals surface area contributed by atoms with Crippen molar-refractivity contribution in [3.63, 3.8) is 0 Å². The van der Waals surface area contributed by atoms with Crippen LogP contribution in [0.5, 0.6) is 11.5 Å². The van der Waals surface area contributed by atoms with Crippen molar-refractivity contribution in [2.45, 2.75) is 90.8 Å². The van der Waals surface area contributed by atoms with Gasteiger partial charge in [-0.15, -0.1) is 0 Å². The van der Waals surface area contributed by atoms with E-state index in [2.05, 4.69) is 89.3 Å². The lowest BCUT2D eigenvalue weighted by atomic mass is 9.91. The van der Waals surface area contributed by atoms with E-state index in [1.165, 1.54) is 22.4 Å². The van der Waals surface area contributed by atoms with Crippen molar-refractivity contribution in [3.05, 3.63) is 59.7 Å². The number of thiocarbonyl (C=S) groups is 1. The number of rotatable bonds is 13. The molecule has 0 spiro atoms. The van der Waals surface area contributed by atoms with Crippen molar-refractivity contribution < 1.29 is 9.16 Å². The van der Waals surface area contributed by atoms with Gasteiger partial charge in [0.25, 0.3) is 8.32 Å². The zero-order chi connectivity index (χ0) is 24.5. The van der Waals surface area contributed by atoms with Gasteiger partial charge in [0, 0.05) is 0 Å². The predicted octanol–water partition coefficient (Wildman–Crippen LogP) is 8.82. The first-order valence-electron chi connectivity index (χ1n) is 12.5. The smallest absolute Gasteiger partial charge is 0.250 e. The molecule has 0 amide bonds. The van der Waals surface area contributed by atoms with Crippen LogP contribution in [0.4, 0.5) is 0 Å². The number of hydrogen-bond donors (Lipinski definition) is 0. The molecule has 0 saturated carbocycles. The number of methoxy groups -OCH3 is 1. The van der Waals surface area contributed by atoms with Gasteiger partial charge < -0.3 is 9.16 Å². The molecule has 2 rings (SSSR count). The minimum absolute atomic E-state index is 0.157. The maximum absolute atomic E-state index is 6.51. The lowest BCUT2D eigenvalue weighted by Crippen LogP contribution is -2.43. The number of aryl methyl sites for hydroxylation is 2. The third-order valence-corrected chi connectivity index (χ3v) is 11.8. The molecule has 0 saturated heterocycles. The van der Waals surface area contributed by atoms with Crippen LogP contribution in [0.25, 0.3) is 0 Å². The molecule has 182 valence electrons. The number of hydrogen-bond acceptors (Lipinski definition) is 3. The molecule has 0 radical (unpaired) electrons. The number of benzene rings is 2. The molecule has 0 aromatic heterocycles. The van der Waals surface area contributed by atoms with Crippen LogP contribution < -0.4 is 9.16 Å². The molecule has 0 N–H and O–H groups in total. The standard InChI is InChI=1S/C29H44O2SSi/c1-8-23(21-26(32)16-12-15-24-13-10-9-11-14-24)17-18-25-19-20-27(28(22-25)30-5)31-33(6,7)29(2,3)4/h9-11,13-14,19-20,22-23H,8,12,15-18,21H2,1-7H3. The van der Waals surface area contributed by atoms with Gasteiger partial charge in [-0.3, -0.25) is 0 Å². The summed E-state index contributed by atoms with van der Waals surface area (Å²) in [6.07, 6.45) is 7.73. The van der Waals surface area contributed by atoms with E-state index in [0.29, 0.717) is 5.92 Å². The molecule has 1 unspecified atom stereocenters. The van der Waals surface area contributed by atoms with Crippen LogP contribution >= 0.6 is 12.2 Å². The first-order valence-corrected chi connectivity index (χ1v) is 15.8. The van der Waals surface area contributed by atoms with Crippen molar-refractivity contribution >= 4 is 25.4 Å². The summed E-state index contributed by atoms with van der Waals surface area (Å²) in [4.78, 5) is 1.23. The van der Waals surface area contributed by atoms with Gasteiger partial charge in [0.15, 0.2) is 5.75 Å². The molecule has 2 aromatic rings. The lowest BCUT2D eigenvalue weighted by molar-refractivity contribution is 0.385. The average Bonchev–Trinajstić information content (AvgIpc) is 2.77. The highest BCUT2D eigenvalue weighted by molar-refractivity contribution is 7.80. The van der Waals surface area contributed by atoms with E-state index in [0.717, 1.165) is 50.0 Å². The maximum atomic E-state index is 6.51. The molecule has 0 aliphatic heterocycles. The first kappa shape index (κ1) is 27.6. The van der Waals surface area contributed by atoms with Crippen molar-refractivity contribution in [1.82, 2.24) is 0 Å². The second-order valence-corrected chi connectivity index (χ2v) is 16.0. The van der Waals surface area contributed by atoms with E-state index in [-0.39, 0.29) is 5.04 Å². The second kappa shape index (κ2) is 12.7. The Kier molecular flexibility index (Phi) is 10.6. The van der Waals surface area contributed by atoms with Gasteiger partial charge in [-0.05, 0) is 90.7 Å². The Bertz CT molecular complexity index is 871. The van der Waals surface area contributed by atoms with E-state index >= 15 is 0 Å². The molecule has 4 heteroatoms. The van der Waals surface area contributed by atoms with E-state index in [9.17, 15) is 0 Å². The summed E-state index contributed by atoms with van der Waals surface area (Å²) in [5, 5.41) is 0.157. The van der Waals surface area contributed by atoms with Gasteiger partial charge in [-0.1, -0.05) is 82.7 Å². The molecule has 33 heavy (non-hydrogen) atoms. The van der Waals surface area contributed by atoms with E-state index < -0.39 is 8.32 Å². The molecule has 0 aliphatic rings. The highest BCUT2D eigenvalue weighted by Crippen LogP contribution is 2.40. The summed E-state index contributed by atoms with van der Waals surface area (Å²) in [7, 11) is -0.162. The van der Waals surface area contributed by atoms with Crippen LogP contribution in [0.3, 0.4) is 0 Å². The fourth-order valence-electron chi connectivity index (χ4n) is 3.76. The third kappa shape index (κ3) is 8.90. The Labute approximate surface area is 209 Å². The van der Waals surface area contributed by atoms with Crippen molar-refractivity contribution in [2.75, 3.05) is 7.11 Å². The van der Waals surface area contributed by atoms with Gasteiger partial charge in [0.05, 0.1) is 7.11 Å². The highest BCUT2D eigenvalue weighted by Gasteiger charge is 2.39. The molecule has 0 heterocycles. The summed E-state index contributed by atoms with van der Waals surface area (Å²) in [5.74, 6) is 2.37. The summed E-state index contributed by atoms with van der Waals surface area (Å²) in [5.41, 5.74) is 2.71.